The van der Waals surface area contributed by atoms with Gasteiger partial charge in [0, 0.05) is 18.3 Å². The molecule has 2 heterocycles. The van der Waals surface area contributed by atoms with Gasteiger partial charge in [0.25, 0.3) is 5.69 Å². The number of nitrogens with two attached hydrogens (primary N) is 1. The molecule has 0 aliphatic heterocycles. The zero-order valence-corrected chi connectivity index (χ0v) is 9.72. The molecular weight excluding hydrogens is 246 g/mol. The van der Waals surface area contributed by atoms with E-state index in [2.05, 4.69) is 9.97 Å². The number of hydrogen-bond donors (Lipinski definition) is 1. The lowest BCUT2D eigenvalue weighted by atomic mass is 10.3. The summed E-state index contributed by atoms with van der Waals surface area (Å²) in [4.78, 5) is 18.4. The molecule has 3 aromatic rings. The van der Waals surface area contributed by atoms with Crippen LogP contribution in [-0.4, -0.2) is 19.5 Å². The minimum Gasteiger partial charge on any atom is -0.383 e. The van der Waals surface area contributed by atoms with Crippen LogP contribution in [-0.2, 0) is 0 Å². The molecule has 0 radical (unpaired) electrons. The van der Waals surface area contributed by atoms with Crippen molar-refractivity contribution in [2.75, 3.05) is 5.73 Å². The van der Waals surface area contributed by atoms with Crippen molar-refractivity contribution in [3.63, 3.8) is 0 Å². The summed E-state index contributed by atoms with van der Waals surface area (Å²) in [5, 5.41) is 11.5. The first-order valence-corrected chi connectivity index (χ1v) is 5.49. The maximum atomic E-state index is 10.8. The summed E-state index contributed by atoms with van der Waals surface area (Å²) in [6, 6.07) is 8.11. The SMILES string of the molecule is Nc1ncnc2c1ccn2-c1cccc([N+](=O)[O-])c1. The van der Waals surface area contributed by atoms with Gasteiger partial charge in [-0.15, -0.1) is 0 Å². The molecule has 0 saturated heterocycles. The molecule has 0 bridgehead atoms. The normalized spacial score (nSPS) is 10.7. The smallest absolute Gasteiger partial charge is 0.271 e. The fraction of sp³-hybridized carbons (Fsp3) is 0. The fourth-order valence-electron chi connectivity index (χ4n) is 1.94. The molecule has 0 fully saturated rings. The third-order valence-corrected chi connectivity index (χ3v) is 2.83. The van der Waals surface area contributed by atoms with E-state index in [4.69, 9.17) is 5.73 Å². The van der Waals surface area contributed by atoms with Crippen molar-refractivity contribution in [2.24, 2.45) is 0 Å². The van der Waals surface area contributed by atoms with Crippen molar-refractivity contribution in [3.8, 4) is 5.69 Å². The van der Waals surface area contributed by atoms with Gasteiger partial charge >= 0.3 is 0 Å². The summed E-state index contributed by atoms with van der Waals surface area (Å²) in [7, 11) is 0. The number of aromatic nitrogens is 3. The van der Waals surface area contributed by atoms with Gasteiger partial charge in [0.2, 0.25) is 0 Å². The van der Waals surface area contributed by atoms with Crippen molar-refractivity contribution >= 4 is 22.5 Å². The fourth-order valence-corrected chi connectivity index (χ4v) is 1.94. The van der Waals surface area contributed by atoms with E-state index in [-0.39, 0.29) is 5.69 Å². The Bertz CT molecular complexity index is 781. The van der Waals surface area contributed by atoms with Gasteiger partial charge in [0.15, 0.2) is 0 Å². The first kappa shape index (κ1) is 11.1. The van der Waals surface area contributed by atoms with E-state index in [1.807, 2.05) is 0 Å². The van der Waals surface area contributed by atoms with E-state index in [9.17, 15) is 10.1 Å². The summed E-state index contributed by atoms with van der Waals surface area (Å²) in [5.41, 5.74) is 7.06. The Morgan fingerprint density at radius 2 is 2.11 bits per heavy atom. The van der Waals surface area contributed by atoms with E-state index in [0.29, 0.717) is 22.5 Å². The minimum atomic E-state index is -0.432. The highest BCUT2D eigenvalue weighted by Crippen LogP contribution is 2.23. The molecule has 94 valence electrons. The molecule has 0 unspecified atom stereocenters. The zero-order valence-electron chi connectivity index (χ0n) is 9.72. The number of nitrogen functional groups attached to an aromatic ring is 1. The average molecular weight is 255 g/mol. The molecule has 0 aliphatic carbocycles. The Morgan fingerprint density at radius 1 is 1.26 bits per heavy atom. The Morgan fingerprint density at radius 3 is 2.89 bits per heavy atom. The number of nitro groups is 1. The molecule has 7 nitrogen and oxygen atoms in total. The maximum absolute atomic E-state index is 10.8. The second-order valence-electron chi connectivity index (χ2n) is 3.96. The first-order valence-electron chi connectivity index (χ1n) is 5.49. The van der Waals surface area contributed by atoms with Crippen LogP contribution in [0, 0.1) is 10.1 Å². The number of fused-ring (bicyclic) bond motifs is 1. The first-order chi connectivity index (χ1) is 9.16. The van der Waals surface area contributed by atoms with Crippen LogP contribution in [0.25, 0.3) is 16.7 Å². The molecule has 0 spiro atoms. The molecule has 19 heavy (non-hydrogen) atoms. The van der Waals surface area contributed by atoms with Gasteiger partial charge in [-0.05, 0) is 12.1 Å². The predicted molar refractivity (Wildman–Crippen MR) is 69.9 cm³/mol. The van der Waals surface area contributed by atoms with Gasteiger partial charge in [-0.3, -0.25) is 10.1 Å². The van der Waals surface area contributed by atoms with Crippen LogP contribution < -0.4 is 5.73 Å². The second kappa shape index (κ2) is 4.05. The highest BCUT2D eigenvalue weighted by Gasteiger charge is 2.10. The molecule has 7 heteroatoms. The molecule has 2 aromatic heterocycles. The Balaban J connectivity index is 2.22. The number of benzene rings is 1. The summed E-state index contributed by atoms with van der Waals surface area (Å²) in [6.45, 7) is 0. The van der Waals surface area contributed by atoms with Gasteiger partial charge in [0.1, 0.15) is 17.8 Å². The summed E-state index contributed by atoms with van der Waals surface area (Å²) in [6.07, 6.45) is 3.13. The quantitative estimate of drug-likeness (QED) is 0.557. The van der Waals surface area contributed by atoms with Crippen LogP contribution in [0.1, 0.15) is 0 Å². The highest BCUT2D eigenvalue weighted by molar-refractivity contribution is 5.87. The van der Waals surface area contributed by atoms with Crippen LogP contribution in [0.2, 0.25) is 0 Å². The van der Waals surface area contributed by atoms with Crippen molar-refractivity contribution in [1.29, 1.82) is 0 Å². The van der Waals surface area contributed by atoms with E-state index in [1.54, 1.807) is 29.0 Å². The molecule has 0 saturated carbocycles. The second-order valence-corrected chi connectivity index (χ2v) is 3.96. The van der Waals surface area contributed by atoms with Crippen molar-refractivity contribution in [3.05, 3.63) is 53.0 Å². The Kier molecular flexibility index (Phi) is 2.38. The molecule has 0 aliphatic rings. The lowest BCUT2D eigenvalue weighted by Gasteiger charge is -2.04. The summed E-state index contributed by atoms with van der Waals surface area (Å²) >= 11 is 0. The van der Waals surface area contributed by atoms with E-state index < -0.39 is 4.92 Å². The Hall–Kier alpha value is -2.96. The number of hydrogen-bond acceptors (Lipinski definition) is 5. The number of anilines is 1. The number of rotatable bonds is 2. The third-order valence-electron chi connectivity index (χ3n) is 2.83. The summed E-state index contributed by atoms with van der Waals surface area (Å²) < 4.78 is 1.74. The maximum Gasteiger partial charge on any atom is 0.271 e. The van der Waals surface area contributed by atoms with Gasteiger partial charge in [-0.25, -0.2) is 9.97 Å². The lowest BCUT2D eigenvalue weighted by Crippen LogP contribution is -1.97. The van der Waals surface area contributed by atoms with Gasteiger partial charge in [-0.1, -0.05) is 6.07 Å². The molecule has 1 aromatic carbocycles. The van der Waals surface area contributed by atoms with Crippen LogP contribution in [0.5, 0.6) is 0 Å². The topological polar surface area (TPSA) is 99.9 Å². The van der Waals surface area contributed by atoms with Crippen LogP contribution in [0.15, 0.2) is 42.9 Å². The molecule has 0 amide bonds. The highest BCUT2D eigenvalue weighted by atomic mass is 16.6. The van der Waals surface area contributed by atoms with Crippen molar-refractivity contribution < 1.29 is 4.92 Å². The van der Waals surface area contributed by atoms with E-state index in [1.165, 1.54) is 18.5 Å². The average Bonchev–Trinajstić information content (AvgIpc) is 2.84. The monoisotopic (exact) mass is 255 g/mol. The van der Waals surface area contributed by atoms with Crippen molar-refractivity contribution in [1.82, 2.24) is 14.5 Å². The number of non-ortho nitro benzene ring substituents is 1. The molecular formula is C12H9N5O2. The predicted octanol–water partition coefficient (Wildman–Crippen LogP) is 1.91. The van der Waals surface area contributed by atoms with E-state index >= 15 is 0 Å². The summed E-state index contributed by atoms with van der Waals surface area (Å²) in [5.74, 6) is 0.384. The van der Waals surface area contributed by atoms with E-state index in [0.717, 1.165) is 0 Å². The van der Waals surface area contributed by atoms with Crippen LogP contribution >= 0.6 is 0 Å². The lowest BCUT2D eigenvalue weighted by molar-refractivity contribution is -0.384. The van der Waals surface area contributed by atoms with Crippen LogP contribution in [0.3, 0.4) is 0 Å². The molecule has 0 atom stereocenters. The number of nitrogens with zero attached hydrogens (tertiary/aromatic N) is 4. The van der Waals surface area contributed by atoms with Crippen LogP contribution in [0.4, 0.5) is 11.5 Å². The molecule has 3 rings (SSSR count). The van der Waals surface area contributed by atoms with Gasteiger partial charge in [-0.2, -0.15) is 0 Å². The largest absolute Gasteiger partial charge is 0.383 e. The van der Waals surface area contributed by atoms with Gasteiger partial charge < -0.3 is 10.3 Å². The zero-order chi connectivity index (χ0) is 13.4. The third kappa shape index (κ3) is 1.77. The van der Waals surface area contributed by atoms with Gasteiger partial charge in [0.05, 0.1) is 16.0 Å². The van der Waals surface area contributed by atoms with Crippen molar-refractivity contribution in [2.45, 2.75) is 0 Å². The number of nitro benzene ring substituents is 1. The minimum absolute atomic E-state index is 0.0291. The standard InChI is InChI=1S/C12H9N5O2/c13-11-10-4-5-16(12(10)15-7-14-11)8-2-1-3-9(6-8)17(18)19/h1-7H,(H2,13,14,15). The molecule has 2 N–H and O–H groups in total. The Labute approximate surface area is 107 Å².